The van der Waals surface area contributed by atoms with E-state index >= 15 is 0 Å². The summed E-state index contributed by atoms with van der Waals surface area (Å²) in [6.07, 6.45) is 7.18. The average Bonchev–Trinajstić information content (AvgIpc) is 3.22. The molecule has 1 aromatic carbocycles. The monoisotopic (exact) mass is 338 g/mol. The molecule has 0 radical (unpaired) electrons. The fourth-order valence-electron chi connectivity index (χ4n) is 4.57. The van der Waals surface area contributed by atoms with Gasteiger partial charge >= 0.3 is 0 Å². The summed E-state index contributed by atoms with van der Waals surface area (Å²) in [5.74, 6) is 0.127. The molecular formula is C20H26N4O. The third kappa shape index (κ3) is 2.97. The van der Waals surface area contributed by atoms with E-state index < -0.39 is 0 Å². The maximum atomic E-state index is 13.3. The Balaban J connectivity index is 1.60. The maximum absolute atomic E-state index is 13.3. The summed E-state index contributed by atoms with van der Waals surface area (Å²) in [4.78, 5) is 18.0. The van der Waals surface area contributed by atoms with Crippen molar-refractivity contribution in [1.82, 2.24) is 19.6 Å². The van der Waals surface area contributed by atoms with E-state index in [1.165, 1.54) is 12.8 Å². The lowest BCUT2D eigenvalue weighted by Crippen LogP contribution is -2.44. The minimum absolute atomic E-state index is 0.127. The number of para-hydroxylation sites is 1. The van der Waals surface area contributed by atoms with Crippen molar-refractivity contribution in [2.45, 2.75) is 51.2 Å². The van der Waals surface area contributed by atoms with E-state index in [2.05, 4.69) is 28.7 Å². The third-order valence-corrected chi connectivity index (χ3v) is 5.61. The number of amides is 1. The van der Waals surface area contributed by atoms with Crippen molar-refractivity contribution in [2.75, 3.05) is 13.1 Å². The van der Waals surface area contributed by atoms with Gasteiger partial charge in [0.2, 0.25) is 0 Å². The molecule has 3 heterocycles. The smallest absolute Gasteiger partial charge is 0.256 e. The summed E-state index contributed by atoms with van der Waals surface area (Å²) in [6.45, 7) is 6.23. The predicted octanol–water partition coefficient (Wildman–Crippen LogP) is 2.96. The molecule has 0 unspecified atom stereocenters. The number of aromatic nitrogens is 2. The van der Waals surface area contributed by atoms with Crippen LogP contribution in [-0.2, 0) is 0 Å². The molecule has 1 amide bonds. The van der Waals surface area contributed by atoms with E-state index in [9.17, 15) is 4.79 Å². The average molecular weight is 338 g/mol. The van der Waals surface area contributed by atoms with Gasteiger partial charge in [-0.2, -0.15) is 5.10 Å². The van der Waals surface area contributed by atoms with Crippen molar-refractivity contribution in [2.24, 2.45) is 0 Å². The summed E-state index contributed by atoms with van der Waals surface area (Å²) < 4.78 is 1.78. The molecule has 2 bridgehead atoms. The molecule has 2 aliphatic heterocycles. The van der Waals surface area contributed by atoms with Crippen molar-refractivity contribution in [3.8, 4) is 5.69 Å². The highest BCUT2D eigenvalue weighted by atomic mass is 16.2. The Kier molecular flexibility index (Phi) is 4.34. The molecule has 5 heteroatoms. The van der Waals surface area contributed by atoms with Crippen molar-refractivity contribution >= 4 is 5.91 Å². The van der Waals surface area contributed by atoms with Crippen molar-refractivity contribution in [3.63, 3.8) is 0 Å². The molecule has 5 nitrogen and oxygen atoms in total. The van der Waals surface area contributed by atoms with Gasteiger partial charge in [0, 0.05) is 43.6 Å². The van der Waals surface area contributed by atoms with Crippen LogP contribution >= 0.6 is 0 Å². The van der Waals surface area contributed by atoms with E-state index in [4.69, 9.17) is 0 Å². The Bertz CT molecular complexity index is 740. The quantitative estimate of drug-likeness (QED) is 0.864. The summed E-state index contributed by atoms with van der Waals surface area (Å²) >= 11 is 0. The molecule has 0 N–H and O–H groups in total. The Morgan fingerprint density at radius 1 is 1.12 bits per heavy atom. The van der Waals surface area contributed by atoms with E-state index in [1.54, 1.807) is 10.9 Å². The highest BCUT2D eigenvalue weighted by Crippen LogP contribution is 2.32. The van der Waals surface area contributed by atoms with Crippen LogP contribution in [-0.4, -0.2) is 56.7 Å². The first-order chi connectivity index (χ1) is 12.1. The van der Waals surface area contributed by atoms with Crippen LogP contribution in [0.1, 0.15) is 43.5 Å². The molecule has 2 saturated heterocycles. The second-order valence-corrected chi connectivity index (χ2v) is 7.43. The summed E-state index contributed by atoms with van der Waals surface area (Å²) in [5, 5.41) is 4.30. The summed E-state index contributed by atoms with van der Waals surface area (Å²) in [7, 11) is 0. The molecule has 1 aromatic heterocycles. The zero-order valence-electron chi connectivity index (χ0n) is 15.0. The van der Waals surface area contributed by atoms with E-state index in [0.29, 0.717) is 18.1 Å². The van der Waals surface area contributed by atoms with Crippen molar-refractivity contribution in [1.29, 1.82) is 0 Å². The van der Waals surface area contributed by atoms with Crippen LogP contribution in [0, 0.1) is 0 Å². The normalized spacial score (nSPS) is 23.9. The molecule has 0 aliphatic carbocycles. The molecule has 2 aromatic rings. The first kappa shape index (κ1) is 16.3. The van der Waals surface area contributed by atoms with Gasteiger partial charge in [0.15, 0.2) is 0 Å². The predicted molar refractivity (Wildman–Crippen MR) is 97.9 cm³/mol. The fraction of sp³-hybridized carbons (Fsp3) is 0.500. The van der Waals surface area contributed by atoms with Crippen LogP contribution in [0.3, 0.4) is 0 Å². The first-order valence-corrected chi connectivity index (χ1v) is 9.31. The number of hydrogen-bond acceptors (Lipinski definition) is 3. The van der Waals surface area contributed by atoms with Gasteiger partial charge < -0.3 is 4.90 Å². The second-order valence-electron chi connectivity index (χ2n) is 7.43. The van der Waals surface area contributed by atoms with E-state index in [0.717, 1.165) is 30.8 Å². The van der Waals surface area contributed by atoms with Gasteiger partial charge in [-0.1, -0.05) is 12.1 Å². The number of fused-ring (bicyclic) bond motifs is 2. The standard InChI is InChI=1S/C20H26N4O/c1-15(2)24-16-8-9-17(24)14-22(13-10-16)20(25)18-6-3-4-7-19(18)23-12-5-11-21-23/h3-7,11-12,15-17H,8-10,13-14H2,1-2H3/t16-,17-/m0/s1. The van der Waals surface area contributed by atoms with Gasteiger partial charge in [0.05, 0.1) is 11.3 Å². The van der Waals surface area contributed by atoms with Gasteiger partial charge in [-0.15, -0.1) is 0 Å². The minimum atomic E-state index is 0.127. The number of carbonyl (C=O) groups is 1. The molecule has 4 rings (SSSR count). The minimum Gasteiger partial charge on any atom is -0.337 e. The number of benzene rings is 1. The lowest BCUT2D eigenvalue weighted by Gasteiger charge is -2.32. The molecule has 2 aliphatic rings. The Morgan fingerprint density at radius 3 is 2.68 bits per heavy atom. The molecule has 0 spiro atoms. The number of carbonyl (C=O) groups excluding carboxylic acids is 1. The van der Waals surface area contributed by atoms with Gasteiger partial charge in [-0.25, -0.2) is 4.68 Å². The molecular weight excluding hydrogens is 312 g/mol. The lowest BCUT2D eigenvalue weighted by molar-refractivity contribution is 0.0728. The second kappa shape index (κ2) is 6.64. The van der Waals surface area contributed by atoms with Crippen LogP contribution < -0.4 is 0 Å². The zero-order chi connectivity index (χ0) is 17.4. The highest BCUT2D eigenvalue weighted by molar-refractivity contribution is 5.97. The molecule has 2 atom stereocenters. The van der Waals surface area contributed by atoms with Crippen LogP contribution in [0.15, 0.2) is 42.7 Å². The van der Waals surface area contributed by atoms with Crippen LogP contribution in [0.25, 0.3) is 5.69 Å². The number of nitrogens with zero attached hydrogens (tertiary/aromatic N) is 4. The number of hydrogen-bond donors (Lipinski definition) is 0. The zero-order valence-corrected chi connectivity index (χ0v) is 15.0. The SMILES string of the molecule is CC(C)N1[C@H]2CC[C@H]1CN(C(=O)c1ccccc1-n1cccn1)CC2. The Labute approximate surface area is 149 Å². The largest absolute Gasteiger partial charge is 0.337 e. The van der Waals surface area contributed by atoms with E-state index in [-0.39, 0.29) is 5.91 Å². The summed E-state index contributed by atoms with van der Waals surface area (Å²) in [6, 6.07) is 11.3. The molecule has 2 fully saturated rings. The van der Waals surface area contributed by atoms with Crippen LogP contribution in [0.4, 0.5) is 0 Å². The Morgan fingerprint density at radius 2 is 1.92 bits per heavy atom. The molecule has 25 heavy (non-hydrogen) atoms. The van der Waals surface area contributed by atoms with Gasteiger partial charge in [0.25, 0.3) is 5.91 Å². The van der Waals surface area contributed by atoms with Crippen LogP contribution in [0.5, 0.6) is 0 Å². The molecule has 132 valence electrons. The Hall–Kier alpha value is -2.14. The lowest BCUT2D eigenvalue weighted by atomic mass is 10.1. The summed E-state index contributed by atoms with van der Waals surface area (Å²) in [5.41, 5.74) is 1.59. The topological polar surface area (TPSA) is 41.4 Å². The highest BCUT2D eigenvalue weighted by Gasteiger charge is 2.39. The van der Waals surface area contributed by atoms with Crippen molar-refractivity contribution in [3.05, 3.63) is 48.3 Å². The third-order valence-electron chi connectivity index (χ3n) is 5.61. The molecule has 0 saturated carbocycles. The van der Waals surface area contributed by atoms with Gasteiger partial charge in [0.1, 0.15) is 0 Å². The number of rotatable bonds is 3. The maximum Gasteiger partial charge on any atom is 0.256 e. The van der Waals surface area contributed by atoms with Crippen molar-refractivity contribution < 1.29 is 4.79 Å². The van der Waals surface area contributed by atoms with E-state index in [1.807, 2.05) is 36.5 Å². The van der Waals surface area contributed by atoms with Gasteiger partial charge in [-0.3, -0.25) is 9.69 Å². The van der Waals surface area contributed by atoms with Crippen LogP contribution in [0.2, 0.25) is 0 Å². The number of likely N-dealkylation sites (tertiary alicyclic amines) is 1. The van der Waals surface area contributed by atoms with Gasteiger partial charge in [-0.05, 0) is 51.3 Å². The first-order valence-electron chi connectivity index (χ1n) is 9.31. The fourth-order valence-corrected chi connectivity index (χ4v) is 4.57.